The van der Waals surface area contributed by atoms with Gasteiger partial charge in [-0.25, -0.2) is 4.99 Å². The van der Waals surface area contributed by atoms with Crippen LogP contribution >= 0.6 is 11.3 Å². The summed E-state index contributed by atoms with van der Waals surface area (Å²) in [6, 6.07) is 17.5. The van der Waals surface area contributed by atoms with Gasteiger partial charge in [0, 0.05) is 35.9 Å². The number of hydrogen-bond acceptors (Lipinski definition) is 7. The van der Waals surface area contributed by atoms with Gasteiger partial charge < -0.3 is 14.1 Å². The van der Waals surface area contributed by atoms with Crippen LogP contribution in [0, 0.1) is 0 Å². The molecule has 5 rings (SSSR count). The van der Waals surface area contributed by atoms with Gasteiger partial charge in [0.2, 0.25) is 0 Å². The minimum absolute atomic E-state index is 0.00400. The van der Waals surface area contributed by atoms with Crippen molar-refractivity contribution in [1.82, 2.24) is 9.47 Å². The summed E-state index contributed by atoms with van der Waals surface area (Å²) >= 11 is 1.25. The van der Waals surface area contributed by atoms with Crippen molar-refractivity contribution >= 4 is 29.1 Å². The normalized spacial score (nSPS) is 15.0. The summed E-state index contributed by atoms with van der Waals surface area (Å²) in [5.41, 5.74) is 2.90. The number of aromatic nitrogens is 1. The van der Waals surface area contributed by atoms with Crippen LogP contribution in [0.5, 0.6) is 5.75 Å². The van der Waals surface area contributed by atoms with Crippen molar-refractivity contribution in [3.05, 3.63) is 109 Å². The van der Waals surface area contributed by atoms with E-state index >= 15 is 0 Å². The van der Waals surface area contributed by atoms with Crippen molar-refractivity contribution in [3.8, 4) is 17.1 Å². The van der Waals surface area contributed by atoms with Gasteiger partial charge in [0.05, 0.1) is 22.9 Å². The quantitative estimate of drug-likeness (QED) is 0.290. The fraction of sp³-hybridized carbons (Fsp3) is 0.250. The van der Waals surface area contributed by atoms with E-state index in [4.69, 9.17) is 14.1 Å². The van der Waals surface area contributed by atoms with Gasteiger partial charge in [-0.3, -0.25) is 19.0 Å². The predicted octanol–water partition coefficient (Wildman–Crippen LogP) is 4.57. The minimum atomic E-state index is -0.704. The molecule has 0 N–H and O–H groups in total. The lowest BCUT2D eigenvalue weighted by molar-refractivity contribution is -0.127. The van der Waals surface area contributed by atoms with Crippen LogP contribution in [-0.4, -0.2) is 41.4 Å². The third-order valence-electron chi connectivity index (χ3n) is 7.21. The first-order chi connectivity index (χ1) is 19.8. The van der Waals surface area contributed by atoms with Crippen molar-refractivity contribution in [2.24, 2.45) is 4.99 Å². The minimum Gasteiger partial charge on any atom is -0.496 e. The van der Waals surface area contributed by atoms with Crippen LogP contribution in [0.25, 0.3) is 17.4 Å². The standard InChI is InChI=1S/C32H31N3O5S/c1-6-34(7-2)31(38)28-19(3)33-32-35(29(28)24-10-8-9-11-26(24)39-5)30(37)27(41-32)18-23-16-17-25(40-23)22-14-12-21(13-15-22)20(4)36/h8-18,29H,6-7H2,1-5H3/b27-18+/t29-/m0/s1. The lowest BCUT2D eigenvalue weighted by Gasteiger charge is -2.29. The smallest absolute Gasteiger partial charge is 0.271 e. The molecule has 0 saturated carbocycles. The summed E-state index contributed by atoms with van der Waals surface area (Å²) in [7, 11) is 1.58. The maximum Gasteiger partial charge on any atom is 0.271 e. The molecule has 3 heterocycles. The van der Waals surface area contributed by atoms with Crippen molar-refractivity contribution in [1.29, 1.82) is 0 Å². The molecule has 210 valence electrons. The Morgan fingerprint density at radius 3 is 2.44 bits per heavy atom. The molecule has 0 unspecified atom stereocenters. The Morgan fingerprint density at radius 1 is 1.07 bits per heavy atom. The number of fused-ring (bicyclic) bond motifs is 1. The largest absolute Gasteiger partial charge is 0.496 e. The van der Waals surface area contributed by atoms with Gasteiger partial charge in [0.15, 0.2) is 10.6 Å². The second-order valence-corrected chi connectivity index (χ2v) is 10.6. The molecule has 8 nitrogen and oxygen atoms in total. The Labute approximate surface area is 241 Å². The molecular formula is C32H31N3O5S. The molecule has 4 aromatic rings. The Bertz CT molecular complexity index is 1840. The van der Waals surface area contributed by atoms with E-state index in [1.165, 1.54) is 18.3 Å². The van der Waals surface area contributed by atoms with Crippen molar-refractivity contribution in [3.63, 3.8) is 0 Å². The van der Waals surface area contributed by atoms with Crippen LogP contribution in [-0.2, 0) is 4.79 Å². The van der Waals surface area contributed by atoms with Crippen molar-refractivity contribution in [2.45, 2.75) is 33.7 Å². The molecule has 2 aromatic carbocycles. The molecule has 0 saturated heterocycles. The summed E-state index contributed by atoms with van der Waals surface area (Å²) < 4.78 is 13.7. The summed E-state index contributed by atoms with van der Waals surface area (Å²) in [5.74, 6) is 1.54. The highest BCUT2D eigenvalue weighted by molar-refractivity contribution is 7.07. The third-order valence-corrected chi connectivity index (χ3v) is 8.20. The number of rotatable bonds is 8. The van der Waals surface area contributed by atoms with Crippen LogP contribution in [0.2, 0.25) is 0 Å². The number of nitrogens with zero attached hydrogens (tertiary/aromatic N) is 3. The molecule has 0 fully saturated rings. The number of allylic oxidation sites excluding steroid dienone is 1. The molecule has 1 aliphatic rings. The monoisotopic (exact) mass is 569 g/mol. The number of likely N-dealkylation sites (N-methyl/N-ethyl adjacent to an activating group) is 1. The molecule has 41 heavy (non-hydrogen) atoms. The lowest BCUT2D eigenvalue weighted by Crippen LogP contribution is -2.43. The van der Waals surface area contributed by atoms with Gasteiger partial charge in [-0.05, 0) is 45.9 Å². The van der Waals surface area contributed by atoms with E-state index < -0.39 is 6.04 Å². The van der Waals surface area contributed by atoms with Gasteiger partial charge in [-0.15, -0.1) is 0 Å². The first-order valence-corrected chi connectivity index (χ1v) is 14.2. The SMILES string of the molecule is CCN(CC)C(=O)C1=C(C)N=c2s/c(=C/c3ccc(-c4ccc(C(C)=O)cc4)o3)c(=O)n2[C@H]1c1ccccc1OC. The zero-order valence-corrected chi connectivity index (χ0v) is 24.5. The number of ether oxygens (including phenoxy) is 1. The average molecular weight is 570 g/mol. The van der Waals surface area contributed by atoms with Gasteiger partial charge in [0.1, 0.15) is 23.3 Å². The Hall–Kier alpha value is -4.50. The van der Waals surface area contributed by atoms with Crippen molar-refractivity contribution in [2.75, 3.05) is 20.2 Å². The molecular weight excluding hydrogens is 538 g/mol. The van der Waals surface area contributed by atoms with Gasteiger partial charge >= 0.3 is 0 Å². The summed E-state index contributed by atoms with van der Waals surface area (Å²) in [6.45, 7) is 8.27. The lowest BCUT2D eigenvalue weighted by atomic mass is 9.94. The number of carbonyl (C=O) groups excluding carboxylic acids is 2. The van der Waals surface area contributed by atoms with E-state index in [1.807, 2.05) is 63.2 Å². The highest BCUT2D eigenvalue weighted by Gasteiger charge is 2.35. The van der Waals surface area contributed by atoms with E-state index in [-0.39, 0.29) is 17.2 Å². The van der Waals surface area contributed by atoms with Gasteiger partial charge in [-0.2, -0.15) is 0 Å². The Kier molecular flexibility index (Phi) is 7.90. The number of ketones is 1. The molecule has 2 aromatic heterocycles. The molecule has 0 spiro atoms. The van der Waals surface area contributed by atoms with Gasteiger partial charge in [0.25, 0.3) is 11.5 Å². The predicted molar refractivity (Wildman–Crippen MR) is 159 cm³/mol. The molecule has 0 bridgehead atoms. The maximum absolute atomic E-state index is 14.0. The number of hydrogen-bond donors (Lipinski definition) is 0. The van der Waals surface area contributed by atoms with E-state index in [0.717, 1.165) is 5.56 Å². The molecule has 0 aliphatic carbocycles. The maximum atomic E-state index is 14.0. The highest BCUT2D eigenvalue weighted by Crippen LogP contribution is 2.36. The molecule has 9 heteroatoms. The molecule has 1 atom stereocenters. The van der Waals surface area contributed by atoms with Crippen LogP contribution in [0.15, 0.2) is 86.1 Å². The van der Waals surface area contributed by atoms with E-state index in [0.29, 0.717) is 62.1 Å². The fourth-order valence-corrected chi connectivity index (χ4v) is 6.07. The summed E-state index contributed by atoms with van der Waals surface area (Å²) in [6.07, 6.45) is 1.70. The number of Topliss-reactive ketones (excluding diaryl/α,β-unsaturated/α-hetero) is 1. The zero-order chi connectivity index (χ0) is 29.3. The van der Waals surface area contributed by atoms with Crippen LogP contribution < -0.4 is 19.6 Å². The van der Waals surface area contributed by atoms with Crippen LogP contribution in [0.3, 0.4) is 0 Å². The Morgan fingerprint density at radius 2 is 1.78 bits per heavy atom. The summed E-state index contributed by atoms with van der Waals surface area (Å²) in [4.78, 5) is 46.3. The topological polar surface area (TPSA) is 94.1 Å². The van der Waals surface area contributed by atoms with Gasteiger partial charge in [-0.1, -0.05) is 53.8 Å². The summed E-state index contributed by atoms with van der Waals surface area (Å²) in [5, 5.41) is 0. The second kappa shape index (κ2) is 11.5. The first kappa shape index (κ1) is 28.0. The number of furan rings is 1. The second-order valence-electron chi connectivity index (χ2n) is 9.64. The molecule has 1 aliphatic heterocycles. The third kappa shape index (κ3) is 5.20. The number of para-hydroxylation sites is 1. The number of benzene rings is 2. The van der Waals surface area contributed by atoms with Crippen LogP contribution in [0.1, 0.15) is 55.4 Å². The van der Waals surface area contributed by atoms with E-state index in [1.54, 1.807) is 40.9 Å². The van der Waals surface area contributed by atoms with Crippen LogP contribution in [0.4, 0.5) is 0 Å². The van der Waals surface area contributed by atoms with E-state index in [2.05, 4.69) is 0 Å². The average Bonchev–Trinajstić information content (AvgIpc) is 3.57. The number of methoxy groups -OCH3 is 1. The highest BCUT2D eigenvalue weighted by atomic mass is 32.1. The molecule has 0 radical (unpaired) electrons. The Balaban J connectivity index is 1.63. The van der Waals surface area contributed by atoms with E-state index in [9.17, 15) is 14.4 Å². The number of thiazole rings is 1. The zero-order valence-electron chi connectivity index (χ0n) is 23.6. The van der Waals surface area contributed by atoms with Crippen molar-refractivity contribution < 1.29 is 18.7 Å². The molecule has 1 amide bonds. The number of amides is 1. The fourth-order valence-electron chi connectivity index (χ4n) is 5.05. The first-order valence-electron chi connectivity index (χ1n) is 13.4. The number of carbonyl (C=O) groups is 2.